The molecule has 0 aliphatic heterocycles. The molecule has 132 valence electrons. The molecule has 0 atom stereocenters. The summed E-state index contributed by atoms with van der Waals surface area (Å²) in [6.07, 6.45) is 1.05. The molecule has 2 aromatic rings. The Labute approximate surface area is 148 Å². The SMILES string of the molecule is CNC(=O)c1cccc(CNC(=O)CCCOc2cccc(C)c2)c1. The van der Waals surface area contributed by atoms with Crippen molar-refractivity contribution in [3.05, 3.63) is 65.2 Å². The van der Waals surface area contributed by atoms with Crippen LogP contribution in [0.25, 0.3) is 0 Å². The summed E-state index contributed by atoms with van der Waals surface area (Å²) in [6.45, 7) is 2.92. The van der Waals surface area contributed by atoms with Crippen LogP contribution < -0.4 is 15.4 Å². The lowest BCUT2D eigenvalue weighted by atomic mass is 10.1. The van der Waals surface area contributed by atoms with Crippen molar-refractivity contribution in [3.8, 4) is 5.75 Å². The minimum absolute atomic E-state index is 0.0295. The van der Waals surface area contributed by atoms with Gasteiger partial charge in [-0.3, -0.25) is 9.59 Å². The molecule has 2 amide bonds. The molecule has 2 rings (SSSR count). The maximum atomic E-state index is 11.9. The monoisotopic (exact) mass is 340 g/mol. The Bertz CT molecular complexity index is 728. The van der Waals surface area contributed by atoms with Gasteiger partial charge in [-0.05, 0) is 48.7 Å². The molecule has 0 spiro atoms. The van der Waals surface area contributed by atoms with Crippen LogP contribution in [0, 0.1) is 6.92 Å². The summed E-state index contributed by atoms with van der Waals surface area (Å²) >= 11 is 0. The van der Waals surface area contributed by atoms with Crippen LogP contribution in [-0.2, 0) is 11.3 Å². The molecule has 0 radical (unpaired) electrons. The van der Waals surface area contributed by atoms with Crippen LogP contribution in [0.15, 0.2) is 48.5 Å². The van der Waals surface area contributed by atoms with Crippen LogP contribution in [-0.4, -0.2) is 25.5 Å². The van der Waals surface area contributed by atoms with E-state index >= 15 is 0 Å². The van der Waals surface area contributed by atoms with Gasteiger partial charge in [-0.1, -0.05) is 24.3 Å². The Morgan fingerprint density at radius 1 is 1.08 bits per heavy atom. The quantitative estimate of drug-likeness (QED) is 0.726. The van der Waals surface area contributed by atoms with Gasteiger partial charge in [0.2, 0.25) is 5.91 Å². The van der Waals surface area contributed by atoms with Gasteiger partial charge < -0.3 is 15.4 Å². The average Bonchev–Trinajstić information content (AvgIpc) is 2.63. The van der Waals surface area contributed by atoms with Crippen molar-refractivity contribution in [2.45, 2.75) is 26.3 Å². The number of hydrogen-bond donors (Lipinski definition) is 2. The van der Waals surface area contributed by atoms with E-state index < -0.39 is 0 Å². The first-order chi connectivity index (χ1) is 12.1. The number of carbonyl (C=O) groups is 2. The van der Waals surface area contributed by atoms with Crippen molar-refractivity contribution >= 4 is 11.8 Å². The van der Waals surface area contributed by atoms with Crippen LogP contribution in [0.4, 0.5) is 0 Å². The fourth-order valence-electron chi connectivity index (χ4n) is 2.38. The predicted octanol–water partition coefficient (Wildman–Crippen LogP) is 2.83. The standard InChI is InChI=1S/C20H24N2O3/c1-15-6-3-9-18(12-15)25-11-5-10-19(23)22-14-16-7-4-8-17(13-16)20(24)21-2/h3-4,6-9,12-13H,5,10-11,14H2,1-2H3,(H,21,24)(H,22,23). The van der Waals surface area contributed by atoms with Crippen molar-refractivity contribution in [3.63, 3.8) is 0 Å². The third-order valence-corrected chi connectivity index (χ3v) is 3.71. The lowest BCUT2D eigenvalue weighted by Gasteiger charge is -2.08. The van der Waals surface area contributed by atoms with Gasteiger partial charge in [0.15, 0.2) is 0 Å². The molecule has 0 heterocycles. The highest BCUT2D eigenvalue weighted by Crippen LogP contribution is 2.12. The van der Waals surface area contributed by atoms with Crippen LogP contribution in [0.5, 0.6) is 5.75 Å². The summed E-state index contributed by atoms with van der Waals surface area (Å²) in [7, 11) is 1.59. The number of carbonyl (C=O) groups excluding carboxylic acids is 2. The zero-order valence-corrected chi connectivity index (χ0v) is 14.7. The molecular weight excluding hydrogens is 316 g/mol. The Hall–Kier alpha value is -2.82. The maximum absolute atomic E-state index is 11.9. The van der Waals surface area contributed by atoms with Gasteiger partial charge in [-0.2, -0.15) is 0 Å². The van der Waals surface area contributed by atoms with Gasteiger partial charge >= 0.3 is 0 Å². The maximum Gasteiger partial charge on any atom is 0.251 e. The second-order valence-corrected chi connectivity index (χ2v) is 5.82. The van der Waals surface area contributed by atoms with E-state index in [4.69, 9.17) is 4.74 Å². The number of nitrogens with one attached hydrogen (secondary N) is 2. The Kier molecular flexibility index (Phi) is 7.01. The highest BCUT2D eigenvalue weighted by Gasteiger charge is 2.05. The number of benzene rings is 2. The topological polar surface area (TPSA) is 67.4 Å². The fourth-order valence-corrected chi connectivity index (χ4v) is 2.38. The van der Waals surface area contributed by atoms with Crippen molar-refractivity contribution in [1.29, 1.82) is 0 Å². The van der Waals surface area contributed by atoms with Gasteiger partial charge in [0.05, 0.1) is 6.61 Å². The number of amides is 2. The van der Waals surface area contributed by atoms with Crippen molar-refractivity contribution in [2.24, 2.45) is 0 Å². The number of ether oxygens (including phenoxy) is 1. The minimum atomic E-state index is -0.138. The molecule has 0 saturated heterocycles. The summed E-state index contributed by atoms with van der Waals surface area (Å²) in [5, 5.41) is 5.45. The summed E-state index contributed by atoms with van der Waals surface area (Å²) in [6, 6.07) is 15.1. The Morgan fingerprint density at radius 3 is 2.64 bits per heavy atom. The molecule has 0 unspecified atom stereocenters. The van der Waals surface area contributed by atoms with E-state index in [1.807, 2.05) is 43.3 Å². The predicted molar refractivity (Wildman–Crippen MR) is 97.6 cm³/mol. The molecule has 25 heavy (non-hydrogen) atoms. The largest absolute Gasteiger partial charge is 0.494 e. The molecule has 0 fully saturated rings. The first-order valence-corrected chi connectivity index (χ1v) is 8.35. The first kappa shape index (κ1) is 18.5. The average molecular weight is 340 g/mol. The van der Waals surface area contributed by atoms with E-state index in [9.17, 15) is 9.59 Å². The highest BCUT2D eigenvalue weighted by atomic mass is 16.5. The lowest BCUT2D eigenvalue weighted by molar-refractivity contribution is -0.121. The Morgan fingerprint density at radius 2 is 1.88 bits per heavy atom. The third-order valence-electron chi connectivity index (χ3n) is 3.71. The van der Waals surface area contributed by atoms with Crippen molar-refractivity contribution in [1.82, 2.24) is 10.6 Å². The molecule has 0 bridgehead atoms. The normalized spacial score (nSPS) is 10.2. The second kappa shape index (κ2) is 9.47. The zero-order valence-electron chi connectivity index (χ0n) is 14.7. The van der Waals surface area contributed by atoms with Gasteiger partial charge in [0.25, 0.3) is 5.91 Å². The highest BCUT2D eigenvalue weighted by molar-refractivity contribution is 5.94. The van der Waals surface area contributed by atoms with E-state index in [0.717, 1.165) is 16.9 Å². The van der Waals surface area contributed by atoms with Gasteiger partial charge in [-0.25, -0.2) is 0 Å². The molecule has 2 aromatic carbocycles. The molecular formula is C20H24N2O3. The van der Waals surface area contributed by atoms with E-state index in [1.165, 1.54) is 0 Å². The van der Waals surface area contributed by atoms with Gasteiger partial charge in [-0.15, -0.1) is 0 Å². The van der Waals surface area contributed by atoms with Crippen LogP contribution in [0.3, 0.4) is 0 Å². The molecule has 0 saturated carbocycles. The Balaban J connectivity index is 1.69. The minimum Gasteiger partial charge on any atom is -0.494 e. The van der Waals surface area contributed by atoms with Crippen LogP contribution >= 0.6 is 0 Å². The summed E-state index contributed by atoms with van der Waals surface area (Å²) < 4.78 is 5.63. The second-order valence-electron chi connectivity index (χ2n) is 5.82. The van der Waals surface area contributed by atoms with Gasteiger partial charge in [0, 0.05) is 25.6 Å². The van der Waals surface area contributed by atoms with E-state index in [2.05, 4.69) is 10.6 Å². The summed E-state index contributed by atoms with van der Waals surface area (Å²) in [5.41, 5.74) is 2.63. The molecule has 0 aliphatic carbocycles. The molecule has 0 aliphatic rings. The molecule has 2 N–H and O–H groups in total. The smallest absolute Gasteiger partial charge is 0.251 e. The first-order valence-electron chi connectivity index (χ1n) is 8.35. The van der Waals surface area contributed by atoms with E-state index in [-0.39, 0.29) is 11.8 Å². The molecule has 0 aromatic heterocycles. The zero-order chi connectivity index (χ0) is 18.1. The lowest BCUT2D eigenvalue weighted by Crippen LogP contribution is -2.23. The van der Waals surface area contributed by atoms with Gasteiger partial charge in [0.1, 0.15) is 5.75 Å². The van der Waals surface area contributed by atoms with Crippen LogP contribution in [0.2, 0.25) is 0 Å². The van der Waals surface area contributed by atoms with Crippen LogP contribution in [0.1, 0.15) is 34.3 Å². The number of hydrogen-bond acceptors (Lipinski definition) is 3. The summed E-state index contributed by atoms with van der Waals surface area (Å²) in [5.74, 6) is 0.658. The molecule has 5 heteroatoms. The third kappa shape index (κ3) is 6.30. The van der Waals surface area contributed by atoms with E-state index in [1.54, 1.807) is 19.2 Å². The summed E-state index contributed by atoms with van der Waals surface area (Å²) in [4.78, 5) is 23.5. The van der Waals surface area contributed by atoms with E-state index in [0.29, 0.717) is 31.6 Å². The fraction of sp³-hybridized carbons (Fsp3) is 0.300. The number of aryl methyl sites for hydroxylation is 1. The van der Waals surface area contributed by atoms with Crippen molar-refractivity contribution in [2.75, 3.05) is 13.7 Å². The van der Waals surface area contributed by atoms with Crippen molar-refractivity contribution < 1.29 is 14.3 Å². The number of rotatable bonds is 8. The molecule has 5 nitrogen and oxygen atoms in total.